The molecule has 0 aromatic heterocycles. The predicted octanol–water partition coefficient (Wildman–Crippen LogP) is 4.24. The number of hydrogen-bond acceptors (Lipinski definition) is 0. The first-order chi connectivity index (χ1) is 7.13. The topological polar surface area (TPSA) is 0 Å². The summed E-state index contributed by atoms with van der Waals surface area (Å²) in [6.07, 6.45) is 3.40. The molecule has 1 aromatic carbocycles. The van der Waals surface area contributed by atoms with Gasteiger partial charge in [-0.2, -0.15) is 0 Å². The van der Waals surface area contributed by atoms with Crippen LogP contribution in [0.15, 0.2) is 29.8 Å². The molecule has 0 bridgehead atoms. The minimum Gasteiger partial charge on any atom is -0.207 e. The Morgan fingerprint density at radius 1 is 1.40 bits per heavy atom. The standard InChI is InChI=1S/C12H13BrF2/c1-9(3-2-6-13)7-10-8-11(14)4-5-12(10)15/h3-5,8H,2,6-7H2,1H3. The van der Waals surface area contributed by atoms with Gasteiger partial charge in [-0.25, -0.2) is 8.78 Å². The monoisotopic (exact) mass is 274 g/mol. The summed E-state index contributed by atoms with van der Waals surface area (Å²) in [5, 5.41) is 0.885. The lowest BCUT2D eigenvalue weighted by molar-refractivity contribution is 0.588. The molecule has 0 N–H and O–H groups in total. The summed E-state index contributed by atoms with van der Waals surface area (Å²) in [6, 6.07) is 3.56. The van der Waals surface area contributed by atoms with Crippen LogP contribution in [-0.4, -0.2) is 5.33 Å². The molecule has 0 heterocycles. The molecule has 15 heavy (non-hydrogen) atoms. The van der Waals surface area contributed by atoms with Gasteiger partial charge in [0.2, 0.25) is 0 Å². The normalized spacial score (nSPS) is 11.9. The van der Waals surface area contributed by atoms with Crippen LogP contribution in [0.4, 0.5) is 8.78 Å². The van der Waals surface area contributed by atoms with Crippen LogP contribution in [0.1, 0.15) is 18.9 Å². The van der Waals surface area contributed by atoms with E-state index in [0.717, 1.165) is 23.4 Å². The Labute approximate surface area is 97.1 Å². The van der Waals surface area contributed by atoms with E-state index in [1.807, 2.05) is 13.0 Å². The van der Waals surface area contributed by atoms with Crippen molar-refractivity contribution < 1.29 is 8.78 Å². The van der Waals surface area contributed by atoms with Gasteiger partial charge < -0.3 is 0 Å². The first kappa shape index (κ1) is 12.4. The highest BCUT2D eigenvalue weighted by atomic mass is 79.9. The average Bonchev–Trinajstić information content (AvgIpc) is 2.20. The number of allylic oxidation sites excluding steroid dienone is 2. The van der Waals surface area contributed by atoms with E-state index in [2.05, 4.69) is 15.9 Å². The Balaban J connectivity index is 2.75. The summed E-state index contributed by atoms with van der Waals surface area (Å²) in [5.41, 5.74) is 1.47. The van der Waals surface area contributed by atoms with E-state index >= 15 is 0 Å². The van der Waals surface area contributed by atoms with Gasteiger partial charge >= 0.3 is 0 Å². The Kier molecular flexibility index (Phi) is 4.95. The second-order valence-electron chi connectivity index (χ2n) is 3.44. The summed E-state index contributed by atoms with van der Waals surface area (Å²) in [5.74, 6) is -0.734. The van der Waals surface area contributed by atoms with Crippen LogP contribution in [-0.2, 0) is 6.42 Å². The van der Waals surface area contributed by atoms with E-state index in [0.29, 0.717) is 12.0 Å². The van der Waals surface area contributed by atoms with Crippen LogP contribution in [0.25, 0.3) is 0 Å². The van der Waals surface area contributed by atoms with E-state index in [-0.39, 0.29) is 11.6 Å². The fourth-order valence-electron chi connectivity index (χ4n) is 1.35. The molecule has 0 nitrogen and oxygen atoms in total. The van der Waals surface area contributed by atoms with E-state index in [4.69, 9.17) is 0 Å². The second kappa shape index (κ2) is 6.01. The van der Waals surface area contributed by atoms with Gasteiger partial charge in [0.15, 0.2) is 0 Å². The summed E-state index contributed by atoms with van der Waals surface area (Å²) in [6.45, 7) is 1.92. The fraction of sp³-hybridized carbons (Fsp3) is 0.333. The van der Waals surface area contributed by atoms with E-state index in [1.54, 1.807) is 0 Å². The number of benzene rings is 1. The highest BCUT2D eigenvalue weighted by molar-refractivity contribution is 9.09. The zero-order valence-corrected chi connectivity index (χ0v) is 10.2. The SMILES string of the molecule is CC(=CCCBr)Cc1cc(F)ccc1F. The summed E-state index contributed by atoms with van der Waals surface area (Å²) < 4.78 is 26.1. The average molecular weight is 275 g/mol. The maximum Gasteiger partial charge on any atom is 0.126 e. The lowest BCUT2D eigenvalue weighted by Gasteiger charge is -2.03. The molecule has 0 amide bonds. The molecule has 0 aliphatic carbocycles. The van der Waals surface area contributed by atoms with E-state index in [9.17, 15) is 8.78 Å². The Morgan fingerprint density at radius 2 is 2.13 bits per heavy atom. The van der Waals surface area contributed by atoms with Gasteiger partial charge in [-0.05, 0) is 43.5 Å². The third-order valence-corrected chi connectivity index (χ3v) is 2.54. The Bertz CT molecular complexity index is 359. The molecule has 0 atom stereocenters. The van der Waals surface area contributed by atoms with Crippen LogP contribution in [0.3, 0.4) is 0 Å². The molecule has 0 saturated heterocycles. The molecule has 0 saturated carbocycles. The molecule has 0 aliphatic rings. The lowest BCUT2D eigenvalue weighted by Crippen LogP contribution is -1.93. The van der Waals surface area contributed by atoms with Crippen molar-refractivity contribution >= 4 is 15.9 Å². The van der Waals surface area contributed by atoms with Crippen molar-refractivity contribution in [3.63, 3.8) is 0 Å². The van der Waals surface area contributed by atoms with Crippen molar-refractivity contribution in [1.82, 2.24) is 0 Å². The molecular formula is C12H13BrF2. The van der Waals surface area contributed by atoms with Crippen LogP contribution < -0.4 is 0 Å². The van der Waals surface area contributed by atoms with Gasteiger partial charge in [-0.1, -0.05) is 27.6 Å². The van der Waals surface area contributed by atoms with Crippen LogP contribution in [0, 0.1) is 11.6 Å². The smallest absolute Gasteiger partial charge is 0.126 e. The van der Waals surface area contributed by atoms with Crippen molar-refractivity contribution in [3.05, 3.63) is 47.0 Å². The lowest BCUT2D eigenvalue weighted by atomic mass is 10.1. The second-order valence-corrected chi connectivity index (χ2v) is 4.23. The number of halogens is 3. The predicted molar refractivity (Wildman–Crippen MR) is 62.2 cm³/mol. The quantitative estimate of drug-likeness (QED) is 0.569. The van der Waals surface area contributed by atoms with Crippen LogP contribution in [0.5, 0.6) is 0 Å². The van der Waals surface area contributed by atoms with Crippen molar-refractivity contribution in [2.45, 2.75) is 19.8 Å². The summed E-state index contributed by atoms with van der Waals surface area (Å²) >= 11 is 3.31. The minimum absolute atomic E-state index is 0.344. The largest absolute Gasteiger partial charge is 0.207 e. The molecule has 0 unspecified atom stereocenters. The Morgan fingerprint density at radius 3 is 2.80 bits per heavy atom. The van der Waals surface area contributed by atoms with Crippen LogP contribution >= 0.6 is 15.9 Å². The van der Waals surface area contributed by atoms with Gasteiger partial charge in [0, 0.05) is 5.33 Å². The van der Waals surface area contributed by atoms with Gasteiger partial charge in [0.25, 0.3) is 0 Å². The molecule has 0 aliphatic heterocycles. The van der Waals surface area contributed by atoms with Gasteiger partial charge in [0.05, 0.1) is 0 Å². The third kappa shape index (κ3) is 4.12. The maximum absolute atomic E-state index is 13.2. The Hall–Kier alpha value is -0.700. The van der Waals surface area contributed by atoms with Gasteiger partial charge in [0.1, 0.15) is 11.6 Å². The van der Waals surface area contributed by atoms with Crippen molar-refractivity contribution in [1.29, 1.82) is 0 Å². The summed E-state index contributed by atoms with van der Waals surface area (Å²) in [4.78, 5) is 0. The molecule has 3 heteroatoms. The highest BCUT2D eigenvalue weighted by Crippen LogP contribution is 2.14. The van der Waals surface area contributed by atoms with Crippen molar-refractivity contribution in [2.24, 2.45) is 0 Å². The minimum atomic E-state index is -0.389. The number of hydrogen-bond donors (Lipinski definition) is 0. The van der Waals surface area contributed by atoms with Crippen molar-refractivity contribution in [3.8, 4) is 0 Å². The zero-order chi connectivity index (χ0) is 11.3. The first-order valence-corrected chi connectivity index (χ1v) is 5.91. The van der Waals surface area contributed by atoms with Crippen LogP contribution in [0.2, 0.25) is 0 Å². The molecule has 1 rings (SSSR count). The maximum atomic E-state index is 13.2. The number of alkyl halides is 1. The fourth-order valence-corrected chi connectivity index (χ4v) is 1.58. The summed E-state index contributed by atoms with van der Waals surface area (Å²) in [7, 11) is 0. The molecular weight excluding hydrogens is 262 g/mol. The first-order valence-electron chi connectivity index (χ1n) is 4.79. The zero-order valence-electron chi connectivity index (χ0n) is 8.56. The van der Waals surface area contributed by atoms with E-state index < -0.39 is 0 Å². The molecule has 82 valence electrons. The molecule has 0 radical (unpaired) electrons. The van der Waals surface area contributed by atoms with E-state index in [1.165, 1.54) is 12.1 Å². The molecule has 0 fully saturated rings. The molecule has 1 aromatic rings. The number of rotatable bonds is 4. The molecule has 0 spiro atoms. The highest BCUT2D eigenvalue weighted by Gasteiger charge is 2.04. The van der Waals surface area contributed by atoms with Gasteiger partial charge in [-0.3, -0.25) is 0 Å². The third-order valence-electron chi connectivity index (χ3n) is 2.08. The van der Waals surface area contributed by atoms with Crippen molar-refractivity contribution in [2.75, 3.05) is 5.33 Å². The van der Waals surface area contributed by atoms with Gasteiger partial charge in [-0.15, -0.1) is 0 Å².